The lowest BCUT2D eigenvalue weighted by Crippen LogP contribution is -2.42. The van der Waals surface area contributed by atoms with Crippen LogP contribution in [0.3, 0.4) is 0 Å². The van der Waals surface area contributed by atoms with Crippen LogP contribution in [0.2, 0.25) is 0 Å². The summed E-state index contributed by atoms with van der Waals surface area (Å²) in [6.07, 6.45) is 0. The second-order valence-electron chi connectivity index (χ2n) is 7.61. The van der Waals surface area contributed by atoms with Gasteiger partial charge >= 0.3 is 0 Å². The summed E-state index contributed by atoms with van der Waals surface area (Å²) in [5.41, 5.74) is 3.13. The lowest BCUT2D eigenvalue weighted by Gasteiger charge is -2.27. The van der Waals surface area contributed by atoms with Crippen molar-refractivity contribution >= 4 is 21.6 Å². The first kappa shape index (κ1) is 23.3. The minimum absolute atomic E-state index is 0.136. The molecule has 0 spiro atoms. The van der Waals surface area contributed by atoms with Crippen molar-refractivity contribution in [1.29, 1.82) is 0 Å². The third-order valence-corrected chi connectivity index (χ3v) is 7.23. The van der Waals surface area contributed by atoms with Gasteiger partial charge in [0, 0.05) is 0 Å². The molecule has 0 aromatic heterocycles. The Balaban J connectivity index is 1.90. The van der Waals surface area contributed by atoms with E-state index in [4.69, 9.17) is 4.74 Å². The van der Waals surface area contributed by atoms with Crippen LogP contribution in [0.15, 0.2) is 77.7 Å². The van der Waals surface area contributed by atoms with Gasteiger partial charge in [0.15, 0.2) is 0 Å². The number of amides is 1. The maximum absolute atomic E-state index is 13.5. The molecule has 7 heteroatoms. The van der Waals surface area contributed by atoms with Gasteiger partial charge in [0.25, 0.3) is 10.0 Å². The minimum Gasteiger partial charge on any atom is -0.497 e. The smallest absolute Gasteiger partial charge is 0.264 e. The van der Waals surface area contributed by atoms with E-state index >= 15 is 0 Å². The molecule has 1 N–H and O–H groups in total. The number of hydrogen-bond donors (Lipinski definition) is 1. The molecule has 1 atom stereocenters. The molecule has 3 aromatic rings. The highest BCUT2D eigenvalue weighted by Gasteiger charge is 2.28. The summed E-state index contributed by atoms with van der Waals surface area (Å²) in [6, 6.07) is 20.7. The second kappa shape index (κ2) is 9.87. The first-order chi connectivity index (χ1) is 15.2. The summed E-state index contributed by atoms with van der Waals surface area (Å²) >= 11 is 0. The molecule has 3 aromatic carbocycles. The fourth-order valence-corrected chi connectivity index (χ4v) is 4.92. The normalized spacial score (nSPS) is 12.1. The number of anilines is 1. The molecule has 0 bridgehead atoms. The summed E-state index contributed by atoms with van der Waals surface area (Å²) in [4.78, 5) is 13.1. The topological polar surface area (TPSA) is 75.7 Å². The summed E-state index contributed by atoms with van der Waals surface area (Å²) in [6.45, 7) is 5.30. The molecule has 0 fully saturated rings. The summed E-state index contributed by atoms with van der Waals surface area (Å²) < 4.78 is 33.3. The fourth-order valence-electron chi connectivity index (χ4n) is 3.42. The summed E-state index contributed by atoms with van der Waals surface area (Å²) in [7, 11) is -2.35. The predicted octanol–water partition coefficient (Wildman–Crippen LogP) is 4.38. The Labute approximate surface area is 189 Å². The quantitative estimate of drug-likeness (QED) is 0.550. The number of aryl methyl sites for hydroxylation is 1. The monoisotopic (exact) mass is 452 g/mol. The Morgan fingerprint density at radius 3 is 2.25 bits per heavy atom. The Kier molecular flexibility index (Phi) is 7.20. The van der Waals surface area contributed by atoms with Crippen LogP contribution in [0.4, 0.5) is 5.69 Å². The maximum atomic E-state index is 13.5. The molecule has 0 saturated carbocycles. The van der Waals surface area contributed by atoms with Crippen molar-refractivity contribution < 1.29 is 17.9 Å². The van der Waals surface area contributed by atoms with E-state index in [0.29, 0.717) is 5.69 Å². The van der Waals surface area contributed by atoms with Crippen LogP contribution in [-0.4, -0.2) is 28.0 Å². The van der Waals surface area contributed by atoms with E-state index in [2.05, 4.69) is 5.32 Å². The zero-order valence-corrected chi connectivity index (χ0v) is 19.5. The molecule has 0 unspecified atom stereocenters. The number of carbonyl (C=O) groups excluding carboxylic acids is 1. The fraction of sp³-hybridized carbons (Fsp3) is 0.240. The standard InChI is InChI=1S/C25H28N2O4S/c1-18-9-8-12-24(19(18)2)27(32(29,30)23-10-6-5-7-11-23)17-25(28)26-20(3)21-13-15-22(31-4)16-14-21/h5-16,20H,17H2,1-4H3,(H,26,28)/t20-/m1/s1. The molecule has 6 nitrogen and oxygen atoms in total. The third kappa shape index (κ3) is 5.11. The first-order valence-corrected chi connectivity index (χ1v) is 11.8. The van der Waals surface area contributed by atoms with Gasteiger partial charge in [0.05, 0.1) is 23.7 Å². The Morgan fingerprint density at radius 2 is 1.62 bits per heavy atom. The molecule has 3 rings (SSSR count). The van der Waals surface area contributed by atoms with Crippen molar-refractivity contribution in [3.8, 4) is 5.75 Å². The largest absolute Gasteiger partial charge is 0.497 e. The summed E-state index contributed by atoms with van der Waals surface area (Å²) in [5, 5.41) is 2.91. The zero-order valence-electron chi connectivity index (χ0n) is 18.7. The van der Waals surface area contributed by atoms with Gasteiger partial charge in [-0.15, -0.1) is 0 Å². The molecular formula is C25H28N2O4S. The molecule has 0 aliphatic rings. The van der Waals surface area contributed by atoms with E-state index in [1.54, 1.807) is 37.4 Å². The van der Waals surface area contributed by atoms with E-state index < -0.39 is 15.9 Å². The van der Waals surface area contributed by atoms with E-state index in [-0.39, 0.29) is 17.5 Å². The molecule has 32 heavy (non-hydrogen) atoms. The molecule has 1 amide bonds. The number of methoxy groups -OCH3 is 1. The highest BCUT2D eigenvalue weighted by atomic mass is 32.2. The molecule has 0 heterocycles. The van der Waals surface area contributed by atoms with E-state index in [9.17, 15) is 13.2 Å². The van der Waals surface area contributed by atoms with Crippen LogP contribution in [0.1, 0.15) is 29.7 Å². The number of nitrogens with zero attached hydrogens (tertiary/aromatic N) is 1. The van der Waals surface area contributed by atoms with Crippen LogP contribution < -0.4 is 14.4 Å². The number of nitrogens with one attached hydrogen (secondary N) is 1. The lowest BCUT2D eigenvalue weighted by molar-refractivity contribution is -0.120. The lowest BCUT2D eigenvalue weighted by atomic mass is 10.1. The van der Waals surface area contributed by atoms with Crippen molar-refractivity contribution in [2.45, 2.75) is 31.7 Å². The van der Waals surface area contributed by atoms with Gasteiger partial charge in [0.2, 0.25) is 5.91 Å². The second-order valence-corrected chi connectivity index (χ2v) is 9.47. The van der Waals surface area contributed by atoms with Gasteiger partial charge in [0.1, 0.15) is 12.3 Å². The number of hydrogen-bond acceptors (Lipinski definition) is 4. The Morgan fingerprint density at radius 1 is 0.969 bits per heavy atom. The number of benzene rings is 3. The van der Waals surface area contributed by atoms with E-state index in [1.807, 2.05) is 51.1 Å². The van der Waals surface area contributed by atoms with Crippen molar-refractivity contribution in [3.63, 3.8) is 0 Å². The maximum Gasteiger partial charge on any atom is 0.264 e. The van der Waals surface area contributed by atoms with Crippen molar-refractivity contribution in [2.75, 3.05) is 18.0 Å². The van der Waals surface area contributed by atoms with Gasteiger partial charge in [-0.05, 0) is 67.8 Å². The predicted molar refractivity (Wildman–Crippen MR) is 126 cm³/mol. The number of rotatable bonds is 8. The molecule has 0 aliphatic carbocycles. The summed E-state index contributed by atoms with van der Waals surface area (Å²) in [5.74, 6) is 0.330. The number of ether oxygens (including phenoxy) is 1. The molecular weight excluding hydrogens is 424 g/mol. The highest BCUT2D eigenvalue weighted by molar-refractivity contribution is 7.92. The zero-order chi connectivity index (χ0) is 23.3. The van der Waals surface area contributed by atoms with Crippen molar-refractivity contribution in [2.24, 2.45) is 0 Å². The van der Waals surface area contributed by atoms with Gasteiger partial charge in [-0.1, -0.05) is 42.5 Å². The SMILES string of the molecule is COc1ccc([C@@H](C)NC(=O)CN(c2cccc(C)c2C)S(=O)(=O)c2ccccc2)cc1. The van der Waals surface area contributed by atoms with Crippen LogP contribution in [-0.2, 0) is 14.8 Å². The molecule has 0 radical (unpaired) electrons. The van der Waals surface area contributed by atoms with Gasteiger partial charge in [-0.2, -0.15) is 0 Å². The number of sulfonamides is 1. The number of carbonyl (C=O) groups is 1. The van der Waals surface area contributed by atoms with Crippen LogP contribution >= 0.6 is 0 Å². The van der Waals surface area contributed by atoms with Gasteiger partial charge < -0.3 is 10.1 Å². The average molecular weight is 453 g/mol. The Bertz CT molecular complexity index is 1180. The van der Waals surface area contributed by atoms with Crippen molar-refractivity contribution in [1.82, 2.24) is 5.32 Å². The Hall–Kier alpha value is -3.32. The molecule has 168 valence electrons. The van der Waals surface area contributed by atoms with E-state index in [0.717, 1.165) is 22.4 Å². The molecule has 0 saturated heterocycles. The highest BCUT2D eigenvalue weighted by Crippen LogP contribution is 2.28. The van der Waals surface area contributed by atoms with Crippen LogP contribution in [0, 0.1) is 13.8 Å². The van der Waals surface area contributed by atoms with E-state index in [1.165, 1.54) is 16.4 Å². The molecule has 0 aliphatic heterocycles. The van der Waals surface area contributed by atoms with Crippen LogP contribution in [0.25, 0.3) is 0 Å². The van der Waals surface area contributed by atoms with Crippen LogP contribution in [0.5, 0.6) is 5.75 Å². The van der Waals surface area contributed by atoms with Gasteiger partial charge in [-0.25, -0.2) is 8.42 Å². The van der Waals surface area contributed by atoms with Gasteiger partial charge in [-0.3, -0.25) is 9.10 Å². The first-order valence-electron chi connectivity index (χ1n) is 10.3. The average Bonchev–Trinajstić information content (AvgIpc) is 2.80. The third-order valence-electron chi connectivity index (χ3n) is 5.46. The minimum atomic E-state index is -3.94. The van der Waals surface area contributed by atoms with Crippen molar-refractivity contribution in [3.05, 3.63) is 89.5 Å².